The molecule has 1 unspecified atom stereocenters. The van der Waals surface area contributed by atoms with E-state index >= 15 is 0 Å². The summed E-state index contributed by atoms with van der Waals surface area (Å²) in [4.78, 5) is 6.77. The highest BCUT2D eigenvalue weighted by atomic mass is 32.2. The van der Waals surface area contributed by atoms with Crippen molar-refractivity contribution in [2.45, 2.75) is 17.4 Å². The van der Waals surface area contributed by atoms with Gasteiger partial charge in [0.2, 0.25) is 5.95 Å². The van der Waals surface area contributed by atoms with Crippen LogP contribution >= 0.6 is 0 Å². The highest BCUT2D eigenvalue weighted by Crippen LogP contribution is 2.31. The Kier molecular flexibility index (Phi) is 2.98. The standard InChI is InChI=1S/C13H18N4O2S/c1-16-7-6-9(8-16)17-10-4-3-5-11(20(2,18)19)12(10)15-13(17)14/h3-5,9H,6-8H2,1-2H3,(H2,14,15). The summed E-state index contributed by atoms with van der Waals surface area (Å²) in [6.07, 6.45) is 2.19. The summed E-state index contributed by atoms with van der Waals surface area (Å²) >= 11 is 0. The number of likely N-dealkylation sites (tertiary alicyclic amines) is 1. The van der Waals surface area contributed by atoms with E-state index in [0.717, 1.165) is 25.0 Å². The second-order valence-corrected chi connectivity index (χ2v) is 7.42. The molecule has 1 aliphatic heterocycles. The Morgan fingerprint density at radius 1 is 1.40 bits per heavy atom. The van der Waals surface area contributed by atoms with E-state index < -0.39 is 9.84 Å². The Labute approximate surface area is 118 Å². The van der Waals surface area contributed by atoms with E-state index in [-0.39, 0.29) is 10.9 Å². The van der Waals surface area contributed by atoms with Crippen LogP contribution in [0.4, 0.5) is 5.95 Å². The van der Waals surface area contributed by atoms with E-state index in [1.807, 2.05) is 10.6 Å². The van der Waals surface area contributed by atoms with Crippen molar-refractivity contribution in [3.05, 3.63) is 18.2 Å². The number of anilines is 1. The van der Waals surface area contributed by atoms with Gasteiger partial charge in [0, 0.05) is 12.8 Å². The number of para-hydroxylation sites is 1. The fraction of sp³-hybridized carbons (Fsp3) is 0.462. The van der Waals surface area contributed by atoms with Crippen molar-refractivity contribution in [1.29, 1.82) is 0 Å². The number of hydrogen-bond donors (Lipinski definition) is 1. The van der Waals surface area contributed by atoms with Gasteiger partial charge >= 0.3 is 0 Å². The van der Waals surface area contributed by atoms with E-state index in [2.05, 4.69) is 16.9 Å². The number of benzene rings is 1. The van der Waals surface area contributed by atoms with Crippen molar-refractivity contribution in [3.8, 4) is 0 Å². The monoisotopic (exact) mass is 294 g/mol. The molecule has 1 saturated heterocycles. The fourth-order valence-electron chi connectivity index (χ4n) is 2.91. The second-order valence-electron chi connectivity index (χ2n) is 5.44. The SMILES string of the molecule is CN1CCC(n2c(N)nc3c(S(C)(=O)=O)cccc32)C1. The molecule has 2 N–H and O–H groups in total. The van der Waals surface area contributed by atoms with Crippen LogP contribution in [0.2, 0.25) is 0 Å². The van der Waals surface area contributed by atoms with E-state index in [1.54, 1.807) is 12.1 Å². The molecule has 1 aliphatic rings. The Balaban J connectivity index is 2.22. The molecule has 6 nitrogen and oxygen atoms in total. The molecular formula is C13H18N4O2S. The molecule has 2 aromatic rings. The molecule has 3 rings (SSSR count). The van der Waals surface area contributed by atoms with Crippen molar-refractivity contribution < 1.29 is 8.42 Å². The first-order valence-corrected chi connectivity index (χ1v) is 8.42. The summed E-state index contributed by atoms with van der Waals surface area (Å²) in [7, 11) is -1.24. The number of likely N-dealkylation sites (N-methyl/N-ethyl adjacent to an activating group) is 1. The molecule has 1 atom stereocenters. The van der Waals surface area contributed by atoms with Gasteiger partial charge in [-0.05, 0) is 32.1 Å². The van der Waals surface area contributed by atoms with Gasteiger partial charge < -0.3 is 15.2 Å². The molecule has 20 heavy (non-hydrogen) atoms. The van der Waals surface area contributed by atoms with Gasteiger partial charge in [-0.1, -0.05) is 6.07 Å². The topological polar surface area (TPSA) is 81.2 Å². The summed E-state index contributed by atoms with van der Waals surface area (Å²) in [6.45, 7) is 1.91. The van der Waals surface area contributed by atoms with Crippen LogP contribution in [0.15, 0.2) is 23.1 Å². The zero-order valence-electron chi connectivity index (χ0n) is 11.6. The van der Waals surface area contributed by atoms with Gasteiger partial charge in [0.25, 0.3) is 0 Å². The molecule has 2 heterocycles. The number of hydrogen-bond acceptors (Lipinski definition) is 5. The second kappa shape index (κ2) is 4.46. The third kappa shape index (κ3) is 2.06. The first-order chi connectivity index (χ1) is 9.38. The maximum atomic E-state index is 11.8. The maximum Gasteiger partial charge on any atom is 0.201 e. The smallest absolute Gasteiger partial charge is 0.201 e. The van der Waals surface area contributed by atoms with Crippen molar-refractivity contribution in [2.75, 3.05) is 32.1 Å². The number of aromatic nitrogens is 2. The third-order valence-corrected chi connectivity index (χ3v) is 4.97. The van der Waals surface area contributed by atoms with Crippen molar-refractivity contribution in [2.24, 2.45) is 0 Å². The third-order valence-electron chi connectivity index (χ3n) is 3.84. The Hall–Kier alpha value is -1.60. The zero-order chi connectivity index (χ0) is 14.5. The van der Waals surface area contributed by atoms with Crippen LogP contribution in [-0.4, -0.2) is 49.3 Å². The molecule has 1 fully saturated rings. The van der Waals surface area contributed by atoms with Crippen LogP contribution in [0.3, 0.4) is 0 Å². The van der Waals surface area contributed by atoms with Crippen LogP contribution in [0.5, 0.6) is 0 Å². The number of sulfone groups is 1. The minimum absolute atomic E-state index is 0.242. The molecule has 0 radical (unpaired) electrons. The van der Waals surface area contributed by atoms with Gasteiger partial charge in [-0.15, -0.1) is 0 Å². The number of rotatable bonds is 2. The average molecular weight is 294 g/mol. The normalized spacial score (nSPS) is 20.8. The summed E-state index contributed by atoms with van der Waals surface area (Å²) in [5, 5.41) is 0. The van der Waals surface area contributed by atoms with Crippen LogP contribution in [0, 0.1) is 0 Å². The molecule has 7 heteroatoms. The molecule has 0 amide bonds. The Bertz CT molecular complexity index is 766. The van der Waals surface area contributed by atoms with Crippen molar-refractivity contribution >= 4 is 26.8 Å². The quantitative estimate of drug-likeness (QED) is 0.890. The molecule has 0 spiro atoms. The summed E-state index contributed by atoms with van der Waals surface area (Å²) in [5.41, 5.74) is 7.30. The lowest BCUT2D eigenvalue weighted by atomic mass is 10.2. The van der Waals surface area contributed by atoms with Gasteiger partial charge in [-0.25, -0.2) is 13.4 Å². The van der Waals surface area contributed by atoms with Crippen LogP contribution in [-0.2, 0) is 9.84 Å². The highest BCUT2D eigenvalue weighted by Gasteiger charge is 2.26. The molecular weight excluding hydrogens is 276 g/mol. The van der Waals surface area contributed by atoms with E-state index in [0.29, 0.717) is 11.5 Å². The van der Waals surface area contributed by atoms with Gasteiger partial charge in [-0.2, -0.15) is 0 Å². The number of imidazole rings is 1. The first-order valence-electron chi connectivity index (χ1n) is 6.53. The fourth-order valence-corrected chi connectivity index (χ4v) is 3.74. The van der Waals surface area contributed by atoms with Crippen LogP contribution < -0.4 is 5.73 Å². The highest BCUT2D eigenvalue weighted by molar-refractivity contribution is 7.91. The predicted molar refractivity (Wildman–Crippen MR) is 78.4 cm³/mol. The largest absolute Gasteiger partial charge is 0.369 e. The molecule has 1 aromatic heterocycles. The summed E-state index contributed by atoms with van der Waals surface area (Å²) in [6, 6.07) is 5.45. The number of nitrogen functional groups attached to an aromatic ring is 1. The van der Waals surface area contributed by atoms with Gasteiger partial charge in [0.15, 0.2) is 9.84 Å². The Morgan fingerprint density at radius 2 is 2.15 bits per heavy atom. The molecule has 0 bridgehead atoms. The zero-order valence-corrected chi connectivity index (χ0v) is 12.4. The lowest BCUT2D eigenvalue weighted by Gasteiger charge is -2.15. The van der Waals surface area contributed by atoms with Gasteiger partial charge in [0.1, 0.15) is 5.52 Å². The first kappa shape index (κ1) is 13.4. The van der Waals surface area contributed by atoms with Crippen molar-refractivity contribution in [1.82, 2.24) is 14.5 Å². The van der Waals surface area contributed by atoms with Gasteiger partial charge in [-0.3, -0.25) is 0 Å². The number of nitrogens with zero attached hydrogens (tertiary/aromatic N) is 3. The van der Waals surface area contributed by atoms with E-state index in [1.165, 1.54) is 6.26 Å². The molecule has 0 saturated carbocycles. The van der Waals surface area contributed by atoms with E-state index in [9.17, 15) is 8.42 Å². The van der Waals surface area contributed by atoms with E-state index in [4.69, 9.17) is 5.73 Å². The van der Waals surface area contributed by atoms with Crippen LogP contribution in [0.1, 0.15) is 12.5 Å². The minimum Gasteiger partial charge on any atom is -0.369 e. The summed E-state index contributed by atoms with van der Waals surface area (Å²) in [5.74, 6) is 0.386. The number of fused-ring (bicyclic) bond motifs is 1. The minimum atomic E-state index is -3.31. The van der Waals surface area contributed by atoms with Crippen LogP contribution in [0.25, 0.3) is 11.0 Å². The predicted octanol–water partition coefficient (Wildman–Crippen LogP) is 0.899. The lowest BCUT2D eigenvalue weighted by molar-refractivity contribution is 0.396. The molecule has 108 valence electrons. The molecule has 1 aromatic carbocycles. The Morgan fingerprint density at radius 3 is 2.75 bits per heavy atom. The summed E-state index contributed by atoms with van der Waals surface area (Å²) < 4.78 is 25.7. The lowest BCUT2D eigenvalue weighted by Crippen LogP contribution is -2.17. The average Bonchev–Trinajstić information content (AvgIpc) is 2.89. The molecule has 0 aliphatic carbocycles. The van der Waals surface area contributed by atoms with Gasteiger partial charge in [0.05, 0.1) is 16.5 Å². The maximum absolute atomic E-state index is 11.8. The van der Waals surface area contributed by atoms with Crippen molar-refractivity contribution in [3.63, 3.8) is 0 Å². The number of nitrogens with two attached hydrogens (primary N) is 1.